The lowest BCUT2D eigenvalue weighted by Crippen LogP contribution is -2.51. The van der Waals surface area contributed by atoms with Crippen molar-refractivity contribution in [3.05, 3.63) is 37.1 Å². The second kappa shape index (κ2) is 6.79. The maximum atomic E-state index is 14.5. The van der Waals surface area contributed by atoms with Crippen LogP contribution in [0.25, 0.3) is 16.9 Å². The number of aromatic nitrogens is 6. The van der Waals surface area contributed by atoms with Gasteiger partial charge < -0.3 is 15.2 Å². The van der Waals surface area contributed by atoms with Crippen LogP contribution >= 0.6 is 0 Å². The Morgan fingerprint density at radius 3 is 2.79 bits per heavy atom. The summed E-state index contributed by atoms with van der Waals surface area (Å²) < 4.78 is 21.8. The number of nitrogens with one attached hydrogen (secondary N) is 1. The molecule has 1 aromatic carbocycles. The third-order valence-electron chi connectivity index (χ3n) is 5.30. The van der Waals surface area contributed by atoms with E-state index in [4.69, 9.17) is 4.74 Å². The molecule has 0 saturated carbocycles. The molecule has 2 aliphatic heterocycles. The van der Waals surface area contributed by atoms with E-state index in [0.717, 1.165) is 12.8 Å². The summed E-state index contributed by atoms with van der Waals surface area (Å²) in [6.07, 6.45) is 5.26. The van der Waals surface area contributed by atoms with Crippen molar-refractivity contribution in [3.63, 3.8) is 0 Å². The molecular formula is C18H18FN7O2. The summed E-state index contributed by atoms with van der Waals surface area (Å²) in [5.41, 5.74) is 1.58. The molecule has 28 heavy (non-hydrogen) atoms. The van der Waals surface area contributed by atoms with Crippen LogP contribution in [0, 0.1) is 0 Å². The summed E-state index contributed by atoms with van der Waals surface area (Å²) in [5, 5.41) is 29.1. The Morgan fingerprint density at radius 2 is 2.04 bits per heavy atom. The molecule has 0 radical (unpaired) electrons. The zero-order valence-electron chi connectivity index (χ0n) is 14.8. The van der Waals surface area contributed by atoms with Crippen LogP contribution in [-0.2, 0) is 0 Å². The van der Waals surface area contributed by atoms with E-state index < -0.39 is 12.3 Å². The molecule has 2 N–H and O–H groups in total. The van der Waals surface area contributed by atoms with Gasteiger partial charge in [0.15, 0.2) is 6.17 Å². The van der Waals surface area contributed by atoms with Crippen LogP contribution in [0.4, 0.5) is 4.39 Å². The van der Waals surface area contributed by atoms with Crippen molar-refractivity contribution in [2.45, 2.75) is 43.6 Å². The van der Waals surface area contributed by atoms with E-state index in [9.17, 15) is 9.50 Å². The van der Waals surface area contributed by atoms with Gasteiger partial charge in [0.2, 0.25) is 0 Å². The highest BCUT2D eigenvalue weighted by atomic mass is 19.1. The minimum absolute atomic E-state index is 0.0229. The predicted molar refractivity (Wildman–Crippen MR) is 95.7 cm³/mol. The Bertz CT molecular complexity index is 967. The summed E-state index contributed by atoms with van der Waals surface area (Å²) in [5.74, 6) is 0.0229. The average molecular weight is 383 g/mol. The minimum Gasteiger partial charge on any atom is -0.507 e. The maximum absolute atomic E-state index is 14.5. The summed E-state index contributed by atoms with van der Waals surface area (Å²) >= 11 is 0. The van der Waals surface area contributed by atoms with Crippen LogP contribution in [0.1, 0.15) is 19.3 Å². The molecule has 144 valence electrons. The van der Waals surface area contributed by atoms with Crippen molar-refractivity contribution in [1.29, 1.82) is 0 Å². The number of rotatable bonds is 4. The molecule has 4 heterocycles. The molecule has 10 heteroatoms. The van der Waals surface area contributed by atoms with Crippen molar-refractivity contribution in [2.75, 3.05) is 0 Å². The number of halogens is 1. The van der Waals surface area contributed by atoms with Crippen LogP contribution in [0.3, 0.4) is 0 Å². The highest BCUT2D eigenvalue weighted by molar-refractivity contribution is 5.67. The summed E-state index contributed by atoms with van der Waals surface area (Å²) in [6.45, 7) is 0. The summed E-state index contributed by atoms with van der Waals surface area (Å²) in [7, 11) is 0. The second-order valence-electron chi connectivity index (χ2n) is 7.08. The fraction of sp³-hybridized carbons (Fsp3) is 0.389. The Kier molecular flexibility index (Phi) is 4.12. The number of fused-ring (bicyclic) bond motifs is 2. The van der Waals surface area contributed by atoms with Crippen LogP contribution in [-0.4, -0.2) is 59.4 Å². The normalized spacial score (nSPS) is 26.3. The number of phenols is 1. The first-order valence-corrected chi connectivity index (χ1v) is 9.12. The first-order chi connectivity index (χ1) is 13.7. The van der Waals surface area contributed by atoms with Crippen LogP contribution in [0.15, 0.2) is 37.1 Å². The first-order valence-electron chi connectivity index (χ1n) is 9.12. The Balaban J connectivity index is 1.32. The van der Waals surface area contributed by atoms with Crippen molar-refractivity contribution in [3.8, 4) is 28.7 Å². The number of phenolic OH excluding ortho intramolecular Hbond substituents is 1. The van der Waals surface area contributed by atoms with E-state index in [0.29, 0.717) is 23.4 Å². The molecular weight excluding hydrogens is 365 g/mol. The molecule has 0 spiro atoms. The predicted octanol–water partition coefficient (Wildman–Crippen LogP) is 1.43. The lowest BCUT2D eigenvalue weighted by Gasteiger charge is -2.31. The number of hydrogen-bond donors (Lipinski definition) is 2. The number of benzene rings is 1. The van der Waals surface area contributed by atoms with Gasteiger partial charge in [0, 0.05) is 30.1 Å². The number of piperidine rings is 1. The first kappa shape index (κ1) is 17.0. The second-order valence-corrected chi connectivity index (χ2v) is 7.08. The summed E-state index contributed by atoms with van der Waals surface area (Å²) in [4.78, 5) is 4.15. The van der Waals surface area contributed by atoms with E-state index >= 15 is 0 Å². The van der Waals surface area contributed by atoms with Crippen LogP contribution in [0.2, 0.25) is 0 Å². The van der Waals surface area contributed by atoms with Gasteiger partial charge in [0.05, 0.1) is 11.9 Å². The smallest absolute Gasteiger partial charge is 0.336 e. The fourth-order valence-corrected chi connectivity index (χ4v) is 3.88. The monoisotopic (exact) mass is 383 g/mol. The van der Waals surface area contributed by atoms with Gasteiger partial charge in [-0.1, -0.05) is 5.10 Å². The summed E-state index contributed by atoms with van der Waals surface area (Å²) in [6, 6.07) is 5.25. The molecule has 2 aromatic heterocycles. The maximum Gasteiger partial charge on any atom is 0.336 e. The Labute approximate surface area is 159 Å². The molecule has 2 aliphatic rings. The third kappa shape index (κ3) is 3.05. The van der Waals surface area contributed by atoms with E-state index in [1.54, 1.807) is 22.8 Å². The Hall–Kier alpha value is -3.14. The minimum atomic E-state index is -1.09. The van der Waals surface area contributed by atoms with Gasteiger partial charge in [0.25, 0.3) is 0 Å². The largest absolute Gasteiger partial charge is 0.507 e. The van der Waals surface area contributed by atoms with E-state index in [1.165, 1.54) is 18.9 Å². The standard InChI is InChI=1S/C18H18FN7O2/c19-17-13-4-1-10(23-13)5-16(17)28-18-20-7-14(24-25-18)12-3-2-11(6-15(12)27)26-8-21-22-9-26/h2-3,6-10,13,16-17,23,27H,1,4-5H2/t10?,13?,16-,17+/m0/s1. The molecule has 2 fully saturated rings. The lowest BCUT2D eigenvalue weighted by molar-refractivity contribution is 0.0386. The van der Waals surface area contributed by atoms with Crippen molar-refractivity contribution in [1.82, 2.24) is 35.3 Å². The molecule has 2 saturated heterocycles. The van der Waals surface area contributed by atoms with Gasteiger partial charge in [-0.25, -0.2) is 9.37 Å². The highest BCUT2D eigenvalue weighted by Gasteiger charge is 2.43. The van der Waals surface area contributed by atoms with Gasteiger partial charge >= 0.3 is 6.01 Å². The van der Waals surface area contributed by atoms with Crippen molar-refractivity contribution in [2.24, 2.45) is 0 Å². The fourth-order valence-electron chi connectivity index (χ4n) is 3.88. The molecule has 9 nitrogen and oxygen atoms in total. The molecule has 3 aromatic rings. The number of alkyl halides is 1. The van der Waals surface area contributed by atoms with Gasteiger partial charge in [-0.3, -0.25) is 4.57 Å². The van der Waals surface area contributed by atoms with E-state index in [2.05, 4.69) is 30.7 Å². The third-order valence-corrected chi connectivity index (χ3v) is 5.30. The molecule has 2 bridgehead atoms. The molecule has 0 amide bonds. The molecule has 4 atom stereocenters. The van der Waals surface area contributed by atoms with Crippen molar-refractivity contribution >= 4 is 0 Å². The zero-order valence-corrected chi connectivity index (χ0v) is 14.8. The zero-order chi connectivity index (χ0) is 19.1. The lowest BCUT2D eigenvalue weighted by atomic mass is 10.0. The van der Waals surface area contributed by atoms with Gasteiger partial charge in [-0.05, 0) is 25.0 Å². The average Bonchev–Trinajstić information content (AvgIpc) is 3.37. The van der Waals surface area contributed by atoms with Crippen LogP contribution in [0.5, 0.6) is 11.8 Å². The number of hydrogen-bond acceptors (Lipinski definition) is 8. The number of nitrogens with zero attached hydrogens (tertiary/aromatic N) is 6. The number of aromatic hydroxyl groups is 1. The van der Waals surface area contributed by atoms with E-state index in [-0.39, 0.29) is 23.8 Å². The van der Waals surface area contributed by atoms with Crippen molar-refractivity contribution < 1.29 is 14.2 Å². The SMILES string of the molecule is Oc1cc(-n2cnnc2)ccc1-c1cnc(O[C@H]2CC3CCC(N3)[C@H]2F)nn1. The van der Waals surface area contributed by atoms with E-state index in [1.807, 2.05) is 0 Å². The topological polar surface area (TPSA) is 111 Å². The molecule has 2 unspecified atom stereocenters. The highest BCUT2D eigenvalue weighted by Crippen LogP contribution is 2.32. The molecule has 0 aliphatic carbocycles. The quantitative estimate of drug-likeness (QED) is 0.696. The van der Waals surface area contributed by atoms with Crippen LogP contribution < -0.4 is 10.1 Å². The Morgan fingerprint density at radius 1 is 1.18 bits per heavy atom. The van der Waals surface area contributed by atoms with Gasteiger partial charge in [-0.15, -0.1) is 15.3 Å². The molecule has 5 rings (SSSR count). The van der Waals surface area contributed by atoms with Gasteiger partial charge in [-0.2, -0.15) is 0 Å². The number of ether oxygens (including phenoxy) is 1. The van der Waals surface area contributed by atoms with Gasteiger partial charge in [0.1, 0.15) is 30.2 Å².